The monoisotopic (exact) mass is 466 g/mol. The fourth-order valence-electron chi connectivity index (χ4n) is 1.88. The van der Waals surface area contributed by atoms with Crippen LogP contribution in [0.2, 0.25) is 0 Å². The minimum atomic E-state index is -2.05. The van der Waals surface area contributed by atoms with Gasteiger partial charge in [-0.1, -0.05) is 52.5 Å². The molecule has 31 heavy (non-hydrogen) atoms. The molecule has 0 aliphatic heterocycles. The highest BCUT2D eigenvalue weighted by molar-refractivity contribution is 7.92. The lowest BCUT2D eigenvalue weighted by Gasteiger charge is -2.02. The predicted molar refractivity (Wildman–Crippen MR) is 142 cm³/mol. The van der Waals surface area contributed by atoms with E-state index >= 15 is 0 Å². The van der Waals surface area contributed by atoms with Crippen LogP contribution in [0.1, 0.15) is 52.2 Å². The smallest absolute Gasteiger partial charge is 0.212 e. The first-order chi connectivity index (χ1) is 12.3. The van der Waals surface area contributed by atoms with Gasteiger partial charge in [0.05, 0.1) is 5.75 Å². The van der Waals surface area contributed by atoms with Crippen LogP contribution >= 0.6 is 0 Å². The van der Waals surface area contributed by atoms with E-state index in [9.17, 15) is 4.21 Å². The van der Waals surface area contributed by atoms with Gasteiger partial charge < -0.3 is 0 Å². The Hall–Kier alpha value is -2.05. The summed E-state index contributed by atoms with van der Waals surface area (Å²) in [6.45, 7) is 3.88. The predicted octanol–water partition coefficient (Wildman–Crippen LogP) is 5.58. The summed E-state index contributed by atoms with van der Waals surface area (Å²) in [5, 5.41) is 8.33. The topological polar surface area (TPSA) is 91.4 Å². The molecule has 0 N–H and O–H groups in total. The Morgan fingerprint density at radius 2 is 1.45 bits per heavy atom. The summed E-state index contributed by atoms with van der Waals surface area (Å²) in [5.41, 5.74) is 4.09. The molecule has 0 saturated heterocycles. The number of hydrogen-bond donors (Lipinski definition) is 0. The number of nitrogens with zero attached hydrogens (tertiary/aromatic N) is 5. The minimum Gasteiger partial charge on any atom is -0.261 e. The molecule has 0 bridgehead atoms. The average molecular weight is 467 g/mol. The second kappa shape index (κ2) is 19.9. The SMILES string of the molecule is C.C.C.C.CN=S(C)(=O)Cc1ccc(C)nc1.Cc1ccc(CS(C)=NC#N)cn1.[B]. The highest BCUT2D eigenvalue weighted by atomic mass is 32.2. The van der Waals surface area contributed by atoms with Crippen LogP contribution in [0.3, 0.4) is 0 Å². The van der Waals surface area contributed by atoms with E-state index in [4.69, 9.17) is 5.26 Å². The van der Waals surface area contributed by atoms with Crippen molar-refractivity contribution in [1.82, 2.24) is 9.97 Å². The zero-order valence-corrected chi connectivity index (χ0v) is 18.0. The first kappa shape index (κ1) is 39.4. The molecule has 2 rings (SSSR count). The summed E-state index contributed by atoms with van der Waals surface area (Å²) in [6.07, 6.45) is 9.02. The molecule has 0 spiro atoms. The van der Waals surface area contributed by atoms with Gasteiger partial charge in [-0.25, -0.2) is 8.57 Å². The van der Waals surface area contributed by atoms with Crippen LogP contribution in [0.15, 0.2) is 45.4 Å². The molecule has 0 aliphatic rings. The van der Waals surface area contributed by atoms with Crippen LogP contribution in [-0.4, -0.2) is 42.1 Å². The molecule has 2 aromatic rings. The second-order valence-electron chi connectivity index (χ2n) is 5.84. The summed E-state index contributed by atoms with van der Waals surface area (Å²) in [7, 11) is -0.667. The Morgan fingerprint density at radius 1 is 1.00 bits per heavy atom. The van der Waals surface area contributed by atoms with Gasteiger partial charge >= 0.3 is 0 Å². The van der Waals surface area contributed by atoms with Gasteiger partial charge in [0.15, 0.2) is 0 Å². The van der Waals surface area contributed by atoms with Gasteiger partial charge in [0, 0.05) is 61.0 Å². The minimum absolute atomic E-state index is 0. The van der Waals surface area contributed by atoms with Crippen LogP contribution in [0.25, 0.3) is 0 Å². The van der Waals surface area contributed by atoms with Gasteiger partial charge in [0.2, 0.25) is 6.19 Å². The van der Waals surface area contributed by atoms with Crippen molar-refractivity contribution in [2.24, 2.45) is 8.73 Å². The molecule has 0 saturated carbocycles. The van der Waals surface area contributed by atoms with Gasteiger partial charge in [-0.05, 0) is 43.4 Å². The number of rotatable bonds is 4. The summed E-state index contributed by atoms with van der Waals surface area (Å²) >= 11 is 0. The molecule has 6 nitrogen and oxygen atoms in total. The average Bonchev–Trinajstić information content (AvgIpc) is 2.60. The molecule has 0 aromatic carbocycles. The molecule has 2 heterocycles. The zero-order valence-electron chi connectivity index (χ0n) is 16.4. The third-order valence-corrected chi connectivity index (χ3v) is 6.12. The van der Waals surface area contributed by atoms with E-state index in [0.717, 1.165) is 28.3 Å². The first-order valence-electron chi connectivity index (χ1n) is 7.89. The van der Waals surface area contributed by atoms with E-state index in [1.807, 2.05) is 56.8 Å². The van der Waals surface area contributed by atoms with Gasteiger partial charge in [0.1, 0.15) is 0 Å². The van der Waals surface area contributed by atoms with Crippen LogP contribution in [0, 0.1) is 25.3 Å². The van der Waals surface area contributed by atoms with Crippen molar-refractivity contribution in [3.63, 3.8) is 0 Å². The van der Waals surface area contributed by atoms with Gasteiger partial charge in [-0.15, -0.1) is 0 Å². The van der Waals surface area contributed by atoms with E-state index in [-0.39, 0.29) is 48.8 Å². The Bertz CT molecular complexity index is 899. The zero-order chi connectivity index (χ0) is 19.6. The Morgan fingerprint density at radius 3 is 1.81 bits per heavy atom. The lowest BCUT2D eigenvalue weighted by molar-refractivity contribution is 0.679. The van der Waals surface area contributed by atoms with E-state index in [1.165, 1.54) is 0 Å². The maximum Gasteiger partial charge on any atom is 0.212 e. The molecule has 2 atom stereocenters. The molecule has 3 radical (unpaired) electrons. The number of nitriles is 1. The molecule has 2 unspecified atom stereocenters. The maximum atomic E-state index is 11.6. The number of pyridine rings is 2. The molecule has 0 amide bonds. The third kappa shape index (κ3) is 17.3. The number of aromatic nitrogens is 2. The van der Waals surface area contributed by atoms with E-state index in [2.05, 4.69) is 18.7 Å². The molecule has 2 aromatic heterocycles. The summed E-state index contributed by atoms with van der Waals surface area (Å²) in [5.74, 6) is 1.29. The van der Waals surface area contributed by atoms with Crippen LogP contribution < -0.4 is 0 Å². The third-order valence-electron chi connectivity index (χ3n) is 3.34. The number of aryl methyl sites for hydroxylation is 2. The van der Waals surface area contributed by atoms with Crippen molar-refractivity contribution in [3.05, 3.63) is 59.2 Å². The molecular weight excluding hydrogens is 425 g/mol. The van der Waals surface area contributed by atoms with Crippen LogP contribution in [0.4, 0.5) is 0 Å². The lowest BCUT2D eigenvalue weighted by atomic mass is 10.3. The van der Waals surface area contributed by atoms with Crippen molar-refractivity contribution < 1.29 is 4.21 Å². The number of hydrogen-bond acceptors (Lipinski definition) is 6. The highest BCUT2D eigenvalue weighted by Crippen LogP contribution is 2.06. The summed E-state index contributed by atoms with van der Waals surface area (Å²) in [6, 6.07) is 7.86. The van der Waals surface area contributed by atoms with Crippen molar-refractivity contribution >= 4 is 28.8 Å². The van der Waals surface area contributed by atoms with Crippen molar-refractivity contribution in [2.45, 2.75) is 55.1 Å². The Labute approximate surface area is 196 Å². The maximum absolute atomic E-state index is 11.6. The Kier molecular flexibility index (Phi) is 25.3. The van der Waals surface area contributed by atoms with Gasteiger partial charge in [-0.2, -0.15) is 9.62 Å². The molecule has 0 aliphatic carbocycles. The van der Waals surface area contributed by atoms with E-state index < -0.39 is 9.73 Å². The molecule has 9 heteroatoms. The van der Waals surface area contributed by atoms with Crippen LogP contribution in [-0.2, 0) is 31.9 Å². The molecular formula is C22H41BN5OS2. The second-order valence-corrected chi connectivity index (χ2v) is 10.1. The lowest BCUT2D eigenvalue weighted by Crippen LogP contribution is -2.01. The quantitative estimate of drug-likeness (QED) is 0.434. The van der Waals surface area contributed by atoms with Crippen LogP contribution in [0.5, 0.6) is 0 Å². The fraction of sp³-hybridized carbons (Fsp3) is 0.500. The van der Waals surface area contributed by atoms with E-state index in [0.29, 0.717) is 5.75 Å². The Balaban J connectivity index is -0.000000125. The van der Waals surface area contributed by atoms with Crippen molar-refractivity contribution in [1.29, 1.82) is 5.26 Å². The molecule has 0 fully saturated rings. The first-order valence-corrected chi connectivity index (χ1v) is 11.7. The largest absolute Gasteiger partial charge is 0.261 e. The normalized spacial score (nSPS) is 11.5. The molecule has 175 valence electrons. The summed E-state index contributed by atoms with van der Waals surface area (Å²) < 4.78 is 19.2. The fourth-order valence-corrected chi connectivity index (χ4v) is 3.66. The highest BCUT2D eigenvalue weighted by Gasteiger charge is 2.01. The van der Waals surface area contributed by atoms with Gasteiger partial charge in [0.25, 0.3) is 0 Å². The van der Waals surface area contributed by atoms with Gasteiger partial charge in [-0.3, -0.25) is 9.97 Å². The standard InChI is InChI=1S/C9H11N3S.C9H14N2OS.4CH4.B/c1-8-3-4-9(5-11-8)6-13(2)12-7-10;1-8-4-5-9(6-11-8)7-13(3,12)10-2;;;;;/h3-5H,6H2,1-2H3;4-6H,7H2,1-3H3;4*1H4;. The summed E-state index contributed by atoms with van der Waals surface area (Å²) in [4.78, 5) is 8.30. The van der Waals surface area contributed by atoms with Crippen molar-refractivity contribution in [3.8, 4) is 6.19 Å². The van der Waals surface area contributed by atoms with E-state index in [1.54, 1.807) is 19.5 Å². The van der Waals surface area contributed by atoms with Crippen molar-refractivity contribution in [2.75, 3.05) is 19.6 Å².